The highest BCUT2D eigenvalue weighted by atomic mass is 14.6. The average Bonchev–Trinajstić information content (AvgIpc) is 3.59. The summed E-state index contributed by atoms with van der Waals surface area (Å²) in [4.78, 5) is 0. The fourth-order valence-electron chi connectivity index (χ4n) is 10.5. The molecule has 0 spiro atoms. The highest BCUT2D eigenvalue weighted by molar-refractivity contribution is 5.64. The van der Waals surface area contributed by atoms with Crippen molar-refractivity contribution in [2.45, 2.75) is 112 Å². The SMILES string of the molecule is CC(=CC(C)(C)C(CC(C)(C)C1c2ccccc2CC1C(C)(C)C(CC(C)(C)C(C)c1ccccc1)c1ccccc1)c1ccccc1)c1ccccc1. The predicted octanol–water partition coefficient (Wildman–Crippen LogP) is 15.3. The maximum absolute atomic E-state index is 2.62. The number of allylic oxidation sites excluding steroid dienone is 2. The Morgan fingerprint density at radius 1 is 0.574 bits per heavy atom. The van der Waals surface area contributed by atoms with Gasteiger partial charge in [-0.25, -0.2) is 0 Å². The Balaban J connectivity index is 1.42. The van der Waals surface area contributed by atoms with Crippen molar-refractivity contribution in [3.8, 4) is 0 Å². The van der Waals surface area contributed by atoms with Crippen molar-refractivity contribution in [2.24, 2.45) is 27.6 Å². The summed E-state index contributed by atoms with van der Waals surface area (Å²) in [5.74, 6) is 2.09. The van der Waals surface area contributed by atoms with Gasteiger partial charge in [-0.2, -0.15) is 0 Å². The van der Waals surface area contributed by atoms with Gasteiger partial charge in [-0.05, 0) is 116 Å². The van der Waals surface area contributed by atoms with Crippen molar-refractivity contribution < 1.29 is 0 Å². The first-order valence-corrected chi connectivity index (χ1v) is 20.6. The lowest BCUT2D eigenvalue weighted by molar-refractivity contribution is 0.0572. The van der Waals surface area contributed by atoms with E-state index in [-0.39, 0.29) is 21.7 Å². The first-order chi connectivity index (χ1) is 25.6. The van der Waals surface area contributed by atoms with Crippen LogP contribution < -0.4 is 0 Å². The average molecular weight is 715 g/mol. The second kappa shape index (κ2) is 15.9. The molecule has 5 unspecified atom stereocenters. The zero-order valence-electron chi connectivity index (χ0n) is 34.9. The normalized spacial score (nSPS) is 18.5. The zero-order chi connectivity index (χ0) is 38.7. The summed E-state index contributed by atoms with van der Waals surface area (Å²) in [6.07, 6.45) is 5.91. The molecule has 0 amide bonds. The molecule has 0 saturated heterocycles. The van der Waals surface area contributed by atoms with Crippen molar-refractivity contribution >= 4 is 5.57 Å². The van der Waals surface area contributed by atoms with Crippen molar-refractivity contribution in [1.82, 2.24) is 0 Å². The molecule has 6 rings (SSSR count). The van der Waals surface area contributed by atoms with Crippen LogP contribution in [0.25, 0.3) is 5.57 Å². The topological polar surface area (TPSA) is 0 Å². The van der Waals surface area contributed by atoms with E-state index < -0.39 is 0 Å². The predicted molar refractivity (Wildman–Crippen MR) is 234 cm³/mol. The van der Waals surface area contributed by atoms with Crippen LogP contribution in [0.2, 0.25) is 0 Å². The van der Waals surface area contributed by atoms with Gasteiger partial charge in [0.05, 0.1) is 0 Å². The molecule has 0 aliphatic heterocycles. The van der Waals surface area contributed by atoms with Crippen molar-refractivity contribution in [3.63, 3.8) is 0 Å². The van der Waals surface area contributed by atoms with Gasteiger partial charge < -0.3 is 0 Å². The molecule has 54 heavy (non-hydrogen) atoms. The summed E-state index contributed by atoms with van der Waals surface area (Å²) in [5, 5.41) is 0. The Morgan fingerprint density at radius 3 is 1.59 bits per heavy atom. The Hall–Kier alpha value is -4.16. The smallest absolute Gasteiger partial charge is 0.00705 e. The molecule has 282 valence electrons. The molecule has 1 aliphatic carbocycles. The molecule has 0 fully saturated rings. The second-order valence-electron chi connectivity index (χ2n) is 19.3. The first kappa shape index (κ1) is 39.5. The van der Waals surface area contributed by atoms with Crippen LogP contribution in [0.4, 0.5) is 0 Å². The van der Waals surface area contributed by atoms with Gasteiger partial charge in [0, 0.05) is 0 Å². The summed E-state index contributed by atoms with van der Waals surface area (Å²) >= 11 is 0. The molecular weight excluding hydrogens is 649 g/mol. The van der Waals surface area contributed by atoms with Gasteiger partial charge in [0.15, 0.2) is 0 Å². The lowest BCUT2D eigenvalue weighted by Crippen LogP contribution is -2.41. The van der Waals surface area contributed by atoms with E-state index in [4.69, 9.17) is 0 Å². The molecular formula is C54H66. The number of hydrogen-bond donors (Lipinski definition) is 0. The minimum atomic E-state index is -0.0636. The molecule has 5 aromatic carbocycles. The van der Waals surface area contributed by atoms with E-state index in [9.17, 15) is 0 Å². The van der Waals surface area contributed by atoms with Crippen molar-refractivity contribution in [2.75, 3.05) is 0 Å². The largest absolute Gasteiger partial charge is 0.0747 e. The van der Waals surface area contributed by atoms with Gasteiger partial charge >= 0.3 is 0 Å². The maximum Gasteiger partial charge on any atom is -0.00705 e. The molecule has 0 saturated carbocycles. The summed E-state index contributed by atoms with van der Waals surface area (Å²) in [7, 11) is 0. The van der Waals surface area contributed by atoms with E-state index in [2.05, 4.69) is 221 Å². The van der Waals surface area contributed by atoms with E-state index >= 15 is 0 Å². The van der Waals surface area contributed by atoms with Gasteiger partial charge in [-0.1, -0.05) is 214 Å². The molecule has 0 nitrogen and oxygen atoms in total. The van der Waals surface area contributed by atoms with E-state index in [1.165, 1.54) is 27.8 Å². The molecule has 0 heterocycles. The summed E-state index contributed by atoms with van der Waals surface area (Å²) in [5.41, 5.74) is 10.2. The molecule has 1 aliphatic rings. The molecule has 0 aromatic heterocycles. The highest BCUT2D eigenvalue weighted by Crippen LogP contribution is 2.63. The maximum atomic E-state index is 2.62. The fourth-order valence-corrected chi connectivity index (χ4v) is 10.5. The summed E-state index contributed by atoms with van der Waals surface area (Å²) in [6, 6.07) is 54.5. The molecule has 0 N–H and O–H groups in total. The minimum Gasteiger partial charge on any atom is -0.0747 e. The Bertz CT molecular complexity index is 1960. The third kappa shape index (κ3) is 8.39. The van der Waals surface area contributed by atoms with Crippen LogP contribution in [-0.4, -0.2) is 0 Å². The van der Waals surface area contributed by atoms with Crippen LogP contribution in [0.1, 0.15) is 139 Å². The summed E-state index contributed by atoms with van der Waals surface area (Å²) < 4.78 is 0. The molecule has 5 atom stereocenters. The molecule has 0 bridgehead atoms. The van der Waals surface area contributed by atoms with Gasteiger partial charge in [0.25, 0.3) is 0 Å². The monoisotopic (exact) mass is 715 g/mol. The van der Waals surface area contributed by atoms with Crippen molar-refractivity contribution in [1.29, 1.82) is 0 Å². The van der Waals surface area contributed by atoms with E-state index in [0.717, 1.165) is 19.3 Å². The highest BCUT2D eigenvalue weighted by Gasteiger charge is 2.52. The Labute approximate surface area is 329 Å². The van der Waals surface area contributed by atoms with Crippen LogP contribution in [0, 0.1) is 27.6 Å². The van der Waals surface area contributed by atoms with Gasteiger partial charge in [0.1, 0.15) is 0 Å². The molecule has 0 heteroatoms. The number of hydrogen-bond acceptors (Lipinski definition) is 0. The van der Waals surface area contributed by atoms with Crippen molar-refractivity contribution in [3.05, 3.63) is 185 Å². The minimum absolute atomic E-state index is 0.0227. The Morgan fingerprint density at radius 2 is 1.04 bits per heavy atom. The third-order valence-corrected chi connectivity index (χ3v) is 14.0. The van der Waals surface area contributed by atoms with Crippen LogP contribution in [-0.2, 0) is 6.42 Å². The molecule has 0 radical (unpaired) electrons. The van der Waals surface area contributed by atoms with E-state index in [1.54, 1.807) is 11.1 Å². The van der Waals surface area contributed by atoms with Crippen LogP contribution in [0.15, 0.2) is 152 Å². The standard InChI is InChI=1S/C54H66/c1-39(41-25-15-11-16-26-41)36-52(5,6)48(43-29-19-13-20-30-43)37-53(7,8)50-46-34-24-23-33-45(46)35-47(50)54(9,10)49(44-31-21-14-22-32-44)38-51(3,4)40(2)42-27-17-12-18-28-42/h11-34,36,40,47-50H,35,37-38H2,1-10H3. The van der Waals surface area contributed by atoms with Crippen LogP contribution in [0.3, 0.4) is 0 Å². The number of benzene rings is 5. The van der Waals surface area contributed by atoms with Crippen LogP contribution in [0.5, 0.6) is 0 Å². The van der Waals surface area contributed by atoms with E-state index in [1.807, 2.05) is 0 Å². The third-order valence-electron chi connectivity index (χ3n) is 14.0. The fraction of sp³-hybridized carbons (Fsp3) is 0.407. The quantitative estimate of drug-likeness (QED) is 0.107. The summed E-state index contributed by atoms with van der Waals surface area (Å²) in [6.45, 7) is 25.1. The van der Waals surface area contributed by atoms with Gasteiger partial charge in [-0.3, -0.25) is 0 Å². The van der Waals surface area contributed by atoms with Crippen LogP contribution >= 0.6 is 0 Å². The zero-order valence-corrected chi connectivity index (χ0v) is 34.9. The van der Waals surface area contributed by atoms with E-state index in [0.29, 0.717) is 29.6 Å². The number of fused-ring (bicyclic) bond motifs is 1. The van der Waals surface area contributed by atoms with Gasteiger partial charge in [-0.15, -0.1) is 0 Å². The Kier molecular flexibility index (Phi) is 11.6. The van der Waals surface area contributed by atoms with Gasteiger partial charge in [0.2, 0.25) is 0 Å². The molecule has 5 aromatic rings. The second-order valence-corrected chi connectivity index (χ2v) is 19.3. The first-order valence-electron chi connectivity index (χ1n) is 20.6. The number of rotatable bonds is 14. The lowest BCUT2D eigenvalue weighted by atomic mass is 9.53. The lowest BCUT2D eigenvalue weighted by Gasteiger charge is -2.51.